The van der Waals surface area contributed by atoms with E-state index in [0.717, 1.165) is 40.0 Å². The number of amides is 1. The lowest BCUT2D eigenvalue weighted by Gasteiger charge is -2.27. The van der Waals surface area contributed by atoms with Crippen molar-refractivity contribution < 1.29 is 22.7 Å². The molecule has 0 saturated carbocycles. The summed E-state index contributed by atoms with van der Waals surface area (Å²) in [5, 5.41) is 1.02. The highest BCUT2D eigenvalue weighted by Crippen LogP contribution is 2.31. The standard InChI is InChI=1S/C19H15F3N2O2/c1-26-10-2-5-15-13(8-10)11-6-7-24(9-16(11)23-15)19(25)12-3-4-14(20)18(22)17(12)21/h2-5,8,23H,6-7,9H2,1H3. The molecule has 0 fully saturated rings. The van der Waals surface area contributed by atoms with E-state index in [1.165, 1.54) is 4.90 Å². The summed E-state index contributed by atoms with van der Waals surface area (Å²) in [6, 6.07) is 7.40. The van der Waals surface area contributed by atoms with Crippen LogP contribution in [0.2, 0.25) is 0 Å². The highest BCUT2D eigenvalue weighted by atomic mass is 19.2. The van der Waals surface area contributed by atoms with Crippen molar-refractivity contribution >= 4 is 16.8 Å². The molecule has 2 heterocycles. The predicted octanol–water partition coefficient (Wildman–Crippen LogP) is 3.79. The van der Waals surface area contributed by atoms with Crippen molar-refractivity contribution in [2.75, 3.05) is 13.7 Å². The Balaban J connectivity index is 1.66. The summed E-state index contributed by atoms with van der Waals surface area (Å²) in [7, 11) is 1.59. The quantitative estimate of drug-likeness (QED) is 0.707. The van der Waals surface area contributed by atoms with Crippen molar-refractivity contribution in [2.24, 2.45) is 0 Å². The number of nitrogens with zero attached hydrogens (tertiary/aromatic N) is 1. The van der Waals surface area contributed by atoms with Gasteiger partial charge in [0.2, 0.25) is 0 Å². The van der Waals surface area contributed by atoms with Gasteiger partial charge in [-0.05, 0) is 42.3 Å². The second-order valence-corrected chi connectivity index (χ2v) is 6.19. The van der Waals surface area contributed by atoms with Crippen LogP contribution in [0.4, 0.5) is 13.2 Å². The summed E-state index contributed by atoms with van der Waals surface area (Å²) in [5.74, 6) is -4.33. The smallest absolute Gasteiger partial charge is 0.257 e. The Morgan fingerprint density at radius 2 is 1.96 bits per heavy atom. The number of fused-ring (bicyclic) bond motifs is 3. The number of hydrogen-bond donors (Lipinski definition) is 1. The van der Waals surface area contributed by atoms with Crippen LogP contribution in [0.25, 0.3) is 10.9 Å². The van der Waals surface area contributed by atoms with Crippen molar-refractivity contribution in [3.05, 3.63) is 64.6 Å². The summed E-state index contributed by atoms with van der Waals surface area (Å²) in [4.78, 5) is 17.3. The molecule has 7 heteroatoms. The SMILES string of the molecule is COc1ccc2[nH]c3c(c2c1)CCN(C(=O)c1ccc(F)c(F)c1F)C3. The van der Waals surface area contributed by atoms with Crippen molar-refractivity contribution in [3.63, 3.8) is 0 Å². The average molecular weight is 360 g/mol. The minimum absolute atomic E-state index is 0.240. The Labute approximate surface area is 147 Å². The maximum atomic E-state index is 13.9. The van der Waals surface area contributed by atoms with E-state index in [9.17, 15) is 18.0 Å². The molecule has 1 aliphatic rings. The van der Waals surface area contributed by atoms with E-state index in [0.29, 0.717) is 13.0 Å². The monoisotopic (exact) mass is 360 g/mol. The first-order chi connectivity index (χ1) is 12.5. The average Bonchev–Trinajstić information content (AvgIpc) is 3.02. The molecule has 1 aliphatic heterocycles. The molecule has 1 N–H and O–H groups in total. The predicted molar refractivity (Wildman–Crippen MR) is 89.6 cm³/mol. The van der Waals surface area contributed by atoms with E-state index in [-0.39, 0.29) is 6.54 Å². The van der Waals surface area contributed by atoms with Crippen LogP contribution in [-0.2, 0) is 13.0 Å². The lowest BCUT2D eigenvalue weighted by atomic mass is 10.0. The van der Waals surface area contributed by atoms with E-state index in [1.807, 2.05) is 18.2 Å². The maximum absolute atomic E-state index is 13.9. The van der Waals surface area contributed by atoms with Gasteiger partial charge in [0.25, 0.3) is 5.91 Å². The highest BCUT2D eigenvalue weighted by molar-refractivity contribution is 5.95. The van der Waals surface area contributed by atoms with Crippen molar-refractivity contribution in [1.82, 2.24) is 9.88 Å². The summed E-state index contributed by atoms with van der Waals surface area (Å²) < 4.78 is 45.7. The third-order valence-corrected chi connectivity index (χ3v) is 4.74. The van der Waals surface area contributed by atoms with Gasteiger partial charge in [0.05, 0.1) is 19.2 Å². The fraction of sp³-hybridized carbons (Fsp3) is 0.211. The topological polar surface area (TPSA) is 45.3 Å². The molecule has 0 spiro atoms. The molecule has 4 nitrogen and oxygen atoms in total. The second kappa shape index (κ2) is 6.09. The first-order valence-corrected chi connectivity index (χ1v) is 8.10. The van der Waals surface area contributed by atoms with Gasteiger partial charge in [-0.1, -0.05) is 0 Å². The van der Waals surface area contributed by atoms with E-state index in [2.05, 4.69) is 4.98 Å². The van der Waals surface area contributed by atoms with E-state index >= 15 is 0 Å². The summed E-state index contributed by atoms with van der Waals surface area (Å²) >= 11 is 0. The fourth-order valence-corrected chi connectivity index (χ4v) is 3.38. The van der Waals surface area contributed by atoms with Crippen molar-refractivity contribution in [2.45, 2.75) is 13.0 Å². The Morgan fingerprint density at radius 3 is 2.73 bits per heavy atom. The van der Waals surface area contributed by atoms with Gasteiger partial charge in [0, 0.05) is 23.1 Å². The van der Waals surface area contributed by atoms with Gasteiger partial charge >= 0.3 is 0 Å². The van der Waals surface area contributed by atoms with Crippen LogP contribution in [0.15, 0.2) is 30.3 Å². The number of carbonyl (C=O) groups is 1. The number of rotatable bonds is 2. The molecular weight excluding hydrogens is 345 g/mol. The fourth-order valence-electron chi connectivity index (χ4n) is 3.38. The Morgan fingerprint density at radius 1 is 1.15 bits per heavy atom. The third-order valence-electron chi connectivity index (χ3n) is 4.74. The number of aromatic amines is 1. The Kier molecular flexibility index (Phi) is 3.86. The molecule has 0 unspecified atom stereocenters. The molecule has 0 atom stereocenters. The summed E-state index contributed by atoms with van der Waals surface area (Å²) in [5.41, 5.74) is 2.37. The number of hydrogen-bond acceptors (Lipinski definition) is 2. The van der Waals surface area contributed by atoms with Gasteiger partial charge in [-0.25, -0.2) is 13.2 Å². The second-order valence-electron chi connectivity index (χ2n) is 6.19. The Hall–Kier alpha value is -2.96. The normalized spacial score (nSPS) is 13.8. The van der Waals surface area contributed by atoms with Gasteiger partial charge in [-0.15, -0.1) is 0 Å². The van der Waals surface area contributed by atoms with Gasteiger partial charge in [-0.2, -0.15) is 0 Å². The number of halogens is 3. The number of ether oxygens (including phenoxy) is 1. The number of benzene rings is 2. The van der Waals surface area contributed by atoms with Gasteiger partial charge in [-0.3, -0.25) is 4.79 Å². The minimum Gasteiger partial charge on any atom is -0.497 e. The minimum atomic E-state index is -1.63. The number of carbonyl (C=O) groups excluding carboxylic acids is 1. The molecule has 0 bridgehead atoms. The summed E-state index contributed by atoms with van der Waals surface area (Å²) in [6.45, 7) is 0.595. The lowest BCUT2D eigenvalue weighted by molar-refractivity contribution is 0.0727. The zero-order valence-electron chi connectivity index (χ0n) is 13.9. The zero-order chi connectivity index (χ0) is 18.4. The van der Waals surface area contributed by atoms with Crippen LogP contribution in [0.3, 0.4) is 0 Å². The molecule has 3 aromatic rings. The maximum Gasteiger partial charge on any atom is 0.257 e. The number of H-pyrrole nitrogens is 1. The number of aromatic nitrogens is 1. The van der Waals surface area contributed by atoms with Crippen LogP contribution in [0.5, 0.6) is 5.75 Å². The molecule has 134 valence electrons. The summed E-state index contributed by atoms with van der Waals surface area (Å²) in [6.07, 6.45) is 0.569. The van der Waals surface area contributed by atoms with E-state index in [1.54, 1.807) is 7.11 Å². The third kappa shape index (κ3) is 2.51. The molecule has 0 radical (unpaired) electrons. The van der Waals surface area contributed by atoms with Crippen LogP contribution < -0.4 is 4.74 Å². The van der Waals surface area contributed by atoms with Crippen molar-refractivity contribution in [1.29, 1.82) is 0 Å². The Bertz CT molecular complexity index is 1030. The molecule has 1 amide bonds. The molecule has 2 aromatic carbocycles. The molecular formula is C19H15F3N2O2. The van der Waals surface area contributed by atoms with Crippen LogP contribution in [-0.4, -0.2) is 29.4 Å². The van der Waals surface area contributed by atoms with Crippen molar-refractivity contribution in [3.8, 4) is 5.75 Å². The molecule has 1 aromatic heterocycles. The van der Waals surface area contributed by atoms with Gasteiger partial charge in [0.15, 0.2) is 17.5 Å². The van der Waals surface area contributed by atoms with Gasteiger partial charge in [0.1, 0.15) is 5.75 Å². The van der Waals surface area contributed by atoms with Crippen LogP contribution in [0, 0.1) is 17.5 Å². The zero-order valence-corrected chi connectivity index (χ0v) is 13.9. The van der Waals surface area contributed by atoms with Gasteiger partial charge < -0.3 is 14.6 Å². The lowest BCUT2D eigenvalue weighted by Crippen LogP contribution is -2.36. The van der Waals surface area contributed by atoms with E-state index in [4.69, 9.17) is 4.74 Å². The van der Waals surface area contributed by atoms with Crippen LogP contribution >= 0.6 is 0 Å². The molecule has 26 heavy (non-hydrogen) atoms. The first-order valence-electron chi connectivity index (χ1n) is 8.10. The first kappa shape index (κ1) is 16.5. The molecule has 0 saturated heterocycles. The number of nitrogens with one attached hydrogen (secondary N) is 1. The highest BCUT2D eigenvalue weighted by Gasteiger charge is 2.28. The largest absolute Gasteiger partial charge is 0.497 e. The molecule has 4 rings (SSSR count). The number of methoxy groups -OCH3 is 1. The van der Waals surface area contributed by atoms with Crippen LogP contribution in [0.1, 0.15) is 21.6 Å². The molecule has 0 aliphatic carbocycles. The van der Waals surface area contributed by atoms with E-state index < -0.39 is 28.9 Å².